The molecule has 7 heteroatoms. The highest BCUT2D eigenvalue weighted by Crippen LogP contribution is 2.11. The van der Waals surface area contributed by atoms with Crippen LogP contribution in [0.25, 0.3) is 0 Å². The molecule has 3 N–H and O–H groups in total. The number of benzene rings is 1. The first-order valence-electron chi connectivity index (χ1n) is 8.69. The number of hydrogen-bond acceptors (Lipinski definition) is 4. The van der Waals surface area contributed by atoms with Gasteiger partial charge in [0.15, 0.2) is 5.96 Å². The molecule has 1 rings (SSSR count). The lowest BCUT2D eigenvalue weighted by atomic mass is 10.2. The third-order valence-electron chi connectivity index (χ3n) is 3.33. The van der Waals surface area contributed by atoms with Crippen molar-refractivity contribution in [3.05, 3.63) is 29.8 Å². The van der Waals surface area contributed by atoms with E-state index in [1.807, 2.05) is 38.1 Å². The van der Waals surface area contributed by atoms with Crippen LogP contribution in [0.5, 0.6) is 5.75 Å². The largest absolute Gasteiger partial charge is 0.497 e. The fourth-order valence-corrected chi connectivity index (χ4v) is 2.02. The maximum atomic E-state index is 11.6. The van der Waals surface area contributed by atoms with Crippen molar-refractivity contribution in [1.82, 2.24) is 16.0 Å². The molecule has 140 valence electrons. The third kappa shape index (κ3) is 9.56. The van der Waals surface area contributed by atoms with Gasteiger partial charge in [0.05, 0.1) is 20.2 Å². The molecule has 25 heavy (non-hydrogen) atoms. The number of amides is 1. The van der Waals surface area contributed by atoms with Crippen molar-refractivity contribution in [1.29, 1.82) is 0 Å². The Morgan fingerprint density at radius 2 is 1.88 bits per heavy atom. The van der Waals surface area contributed by atoms with Gasteiger partial charge < -0.3 is 25.4 Å². The number of guanidine groups is 1. The minimum Gasteiger partial charge on any atom is -0.497 e. The molecule has 0 atom stereocenters. The summed E-state index contributed by atoms with van der Waals surface area (Å²) in [4.78, 5) is 16.1. The number of carbonyl (C=O) groups is 1. The zero-order chi connectivity index (χ0) is 18.3. The number of nitrogens with zero attached hydrogens (tertiary/aromatic N) is 1. The van der Waals surface area contributed by atoms with Gasteiger partial charge in [-0.3, -0.25) is 4.79 Å². The van der Waals surface area contributed by atoms with Gasteiger partial charge in [-0.15, -0.1) is 0 Å². The second kappa shape index (κ2) is 13.1. The van der Waals surface area contributed by atoms with E-state index in [4.69, 9.17) is 9.47 Å². The van der Waals surface area contributed by atoms with E-state index < -0.39 is 0 Å². The Morgan fingerprint density at radius 3 is 2.52 bits per heavy atom. The van der Waals surface area contributed by atoms with E-state index in [1.54, 1.807) is 7.11 Å². The highest BCUT2D eigenvalue weighted by molar-refractivity contribution is 5.86. The number of nitrogens with one attached hydrogen (secondary N) is 3. The second-order valence-corrected chi connectivity index (χ2v) is 5.30. The van der Waals surface area contributed by atoms with Crippen LogP contribution in [-0.4, -0.2) is 51.8 Å². The predicted molar refractivity (Wildman–Crippen MR) is 99.9 cm³/mol. The summed E-state index contributed by atoms with van der Waals surface area (Å²) in [6.45, 7) is 7.32. The summed E-state index contributed by atoms with van der Waals surface area (Å²) in [5, 5.41) is 9.03. The summed E-state index contributed by atoms with van der Waals surface area (Å²) in [5.41, 5.74) is 1.06. The van der Waals surface area contributed by atoms with Gasteiger partial charge in [0.1, 0.15) is 5.75 Å². The lowest BCUT2D eigenvalue weighted by Gasteiger charge is -2.12. The van der Waals surface area contributed by atoms with Crippen LogP contribution >= 0.6 is 0 Å². The Kier molecular flexibility index (Phi) is 10.8. The van der Waals surface area contributed by atoms with Gasteiger partial charge >= 0.3 is 0 Å². The molecule has 1 amide bonds. The molecule has 7 nitrogen and oxygen atoms in total. The Labute approximate surface area is 150 Å². The van der Waals surface area contributed by atoms with Crippen LogP contribution in [0, 0.1) is 0 Å². The quantitative estimate of drug-likeness (QED) is 0.318. The van der Waals surface area contributed by atoms with E-state index in [1.165, 1.54) is 0 Å². The highest BCUT2D eigenvalue weighted by atomic mass is 16.5. The van der Waals surface area contributed by atoms with E-state index in [9.17, 15) is 4.79 Å². The molecular formula is C18H30N4O3. The van der Waals surface area contributed by atoms with Gasteiger partial charge in [-0.05, 0) is 38.0 Å². The number of ether oxygens (including phenoxy) is 2. The Bertz CT molecular complexity index is 518. The van der Waals surface area contributed by atoms with E-state index in [0.717, 1.165) is 24.3 Å². The van der Waals surface area contributed by atoms with E-state index in [2.05, 4.69) is 20.9 Å². The molecule has 0 fully saturated rings. The zero-order valence-electron chi connectivity index (χ0n) is 15.4. The molecule has 0 aromatic heterocycles. The maximum Gasteiger partial charge on any atom is 0.239 e. The van der Waals surface area contributed by atoms with Crippen LogP contribution in [0.3, 0.4) is 0 Å². The van der Waals surface area contributed by atoms with Crippen LogP contribution in [0.4, 0.5) is 0 Å². The zero-order valence-corrected chi connectivity index (χ0v) is 15.4. The average Bonchev–Trinajstić information content (AvgIpc) is 2.63. The van der Waals surface area contributed by atoms with Gasteiger partial charge in [0, 0.05) is 26.3 Å². The van der Waals surface area contributed by atoms with Gasteiger partial charge in [0.2, 0.25) is 5.91 Å². The number of carbonyl (C=O) groups excluding carboxylic acids is 1. The molecule has 1 aromatic rings. The molecule has 0 spiro atoms. The summed E-state index contributed by atoms with van der Waals surface area (Å²) < 4.78 is 10.5. The monoisotopic (exact) mass is 350 g/mol. The van der Waals surface area contributed by atoms with E-state index in [0.29, 0.717) is 32.3 Å². The van der Waals surface area contributed by atoms with Crippen molar-refractivity contribution >= 4 is 11.9 Å². The van der Waals surface area contributed by atoms with Gasteiger partial charge in [0.25, 0.3) is 0 Å². The molecular weight excluding hydrogens is 320 g/mol. The first-order chi connectivity index (χ1) is 12.2. The van der Waals surface area contributed by atoms with Crippen molar-refractivity contribution in [2.75, 3.05) is 40.0 Å². The van der Waals surface area contributed by atoms with Gasteiger partial charge in [-0.25, -0.2) is 4.99 Å². The first kappa shape index (κ1) is 20.8. The topological polar surface area (TPSA) is 84.0 Å². The molecule has 0 unspecified atom stereocenters. The van der Waals surface area contributed by atoms with Crippen LogP contribution in [0.15, 0.2) is 29.3 Å². The normalized spacial score (nSPS) is 11.1. The number of methoxy groups -OCH3 is 1. The first-order valence-corrected chi connectivity index (χ1v) is 8.69. The molecule has 0 heterocycles. The standard InChI is InChI=1S/C18H30N4O3/c1-4-19-17(23)14-22-18(20-11-6-12-25-5-2)21-13-15-7-9-16(24-3)10-8-15/h7-10H,4-6,11-14H2,1-3H3,(H,19,23)(H2,20,21,22). The molecule has 0 aliphatic carbocycles. The van der Waals surface area contributed by atoms with Crippen LogP contribution in [0.2, 0.25) is 0 Å². The third-order valence-corrected chi connectivity index (χ3v) is 3.33. The van der Waals surface area contributed by atoms with Crippen LogP contribution in [0.1, 0.15) is 25.8 Å². The SMILES string of the molecule is CCNC(=O)CNC(=NCc1ccc(OC)cc1)NCCCOCC. The summed E-state index contributed by atoms with van der Waals surface area (Å²) in [5.74, 6) is 1.37. The highest BCUT2D eigenvalue weighted by Gasteiger charge is 2.03. The summed E-state index contributed by atoms with van der Waals surface area (Å²) >= 11 is 0. The minimum atomic E-state index is -0.0595. The van der Waals surface area contributed by atoms with Crippen molar-refractivity contribution in [2.45, 2.75) is 26.8 Å². The maximum absolute atomic E-state index is 11.6. The average molecular weight is 350 g/mol. The summed E-state index contributed by atoms with van der Waals surface area (Å²) in [6.07, 6.45) is 0.873. The van der Waals surface area contributed by atoms with Crippen LogP contribution in [-0.2, 0) is 16.1 Å². The van der Waals surface area contributed by atoms with Crippen LogP contribution < -0.4 is 20.7 Å². The molecule has 0 aliphatic rings. The molecule has 0 bridgehead atoms. The minimum absolute atomic E-state index is 0.0595. The Hall–Kier alpha value is -2.28. The van der Waals surface area contributed by atoms with Crippen molar-refractivity contribution in [2.24, 2.45) is 4.99 Å². The lowest BCUT2D eigenvalue weighted by Crippen LogP contribution is -2.43. The van der Waals surface area contributed by atoms with Crippen molar-refractivity contribution in [3.8, 4) is 5.75 Å². The van der Waals surface area contributed by atoms with Gasteiger partial charge in [-0.1, -0.05) is 12.1 Å². The molecule has 0 radical (unpaired) electrons. The van der Waals surface area contributed by atoms with Crippen molar-refractivity contribution in [3.63, 3.8) is 0 Å². The van der Waals surface area contributed by atoms with Gasteiger partial charge in [-0.2, -0.15) is 0 Å². The Balaban J connectivity index is 2.55. The summed E-state index contributed by atoms with van der Waals surface area (Å²) in [6, 6.07) is 7.75. The van der Waals surface area contributed by atoms with Crippen molar-refractivity contribution < 1.29 is 14.3 Å². The smallest absolute Gasteiger partial charge is 0.239 e. The Morgan fingerprint density at radius 1 is 1.12 bits per heavy atom. The number of aliphatic imine (C=N–C) groups is 1. The second-order valence-electron chi connectivity index (χ2n) is 5.30. The fourth-order valence-electron chi connectivity index (χ4n) is 2.02. The molecule has 0 aliphatic heterocycles. The lowest BCUT2D eigenvalue weighted by molar-refractivity contribution is -0.119. The number of rotatable bonds is 11. The molecule has 0 saturated carbocycles. The fraction of sp³-hybridized carbons (Fsp3) is 0.556. The van der Waals surface area contributed by atoms with E-state index >= 15 is 0 Å². The molecule has 1 aromatic carbocycles. The predicted octanol–water partition coefficient (Wildman–Crippen LogP) is 1.29. The van der Waals surface area contributed by atoms with E-state index in [-0.39, 0.29) is 12.5 Å². The summed E-state index contributed by atoms with van der Waals surface area (Å²) in [7, 11) is 1.64. The number of hydrogen-bond donors (Lipinski definition) is 3. The number of likely N-dealkylation sites (N-methyl/N-ethyl adjacent to an activating group) is 1. The molecule has 0 saturated heterocycles.